The van der Waals surface area contributed by atoms with Gasteiger partial charge in [-0.15, -0.1) is 5.10 Å². The van der Waals surface area contributed by atoms with E-state index in [0.717, 1.165) is 18.8 Å². The molecule has 1 aliphatic heterocycles. The number of anilines is 2. The Morgan fingerprint density at radius 2 is 1.85 bits per heavy atom. The smallest absolute Gasteiger partial charge is 0.276 e. The third-order valence-electron chi connectivity index (χ3n) is 5.40. The van der Waals surface area contributed by atoms with E-state index in [1.54, 1.807) is 36.9 Å². The summed E-state index contributed by atoms with van der Waals surface area (Å²) < 4.78 is 6.92. The number of nitrogens with zero attached hydrogens (tertiary/aromatic N) is 5. The van der Waals surface area contributed by atoms with Crippen LogP contribution in [0.1, 0.15) is 16.2 Å². The van der Waals surface area contributed by atoms with Crippen molar-refractivity contribution in [2.75, 3.05) is 50.1 Å². The van der Waals surface area contributed by atoms with E-state index < -0.39 is 5.91 Å². The zero-order valence-electron chi connectivity index (χ0n) is 18.5. The molecule has 4 rings (SSSR count). The van der Waals surface area contributed by atoms with Gasteiger partial charge in [-0.05, 0) is 49.4 Å². The van der Waals surface area contributed by atoms with Gasteiger partial charge in [-0.1, -0.05) is 22.9 Å². The molecule has 1 saturated heterocycles. The molecule has 0 aliphatic carbocycles. The van der Waals surface area contributed by atoms with Crippen molar-refractivity contribution >= 4 is 34.8 Å². The van der Waals surface area contributed by atoms with Gasteiger partial charge >= 0.3 is 0 Å². The quantitative estimate of drug-likeness (QED) is 0.598. The van der Waals surface area contributed by atoms with Gasteiger partial charge in [0.2, 0.25) is 5.91 Å². The second-order valence-electron chi connectivity index (χ2n) is 7.77. The Morgan fingerprint density at radius 1 is 1.12 bits per heavy atom. The van der Waals surface area contributed by atoms with Crippen molar-refractivity contribution < 1.29 is 14.3 Å². The van der Waals surface area contributed by atoms with E-state index >= 15 is 0 Å². The number of halogens is 1. The first kappa shape index (κ1) is 22.8. The fraction of sp³-hybridized carbons (Fsp3) is 0.304. The molecule has 9 nitrogen and oxygen atoms in total. The maximum Gasteiger partial charge on any atom is 0.276 e. The lowest BCUT2D eigenvalue weighted by Crippen LogP contribution is -2.36. The van der Waals surface area contributed by atoms with E-state index in [0.29, 0.717) is 35.3 Å². The number of benzene rings is 2. The van der Waals surface area contributed by atoms with Crippen molar-refractivity contribution in [3.05, 3.63) is 64.9 Å². The van der Waals surface area contributed by atoms with E-state index in [-0.39, 0.29) is 18.1 Å². The average molecular weight is 469 g/mol. The van der Waals surface area contributed by atoms with Crippen LogP contribution < -0.4 is 10.2 Å². The molecule has 1 aromatic heterocycles. The molecule has 3 aromatic rings. The molecule has 1 N–H and O–H groups in total. The largest absolute Gasteiger partial charge is 0.378 e. The standard InChI is InChI=1S/C23H25ClN6O3/c1-16-22(26-27-30(16)20-5-3-4-17(24)14-20)23(32)28(2)15-21(31)25-18-6-8-19(9-7-18)29-10-12-33-13-11-29/h3-9,14H,10-13,15H2,1-2H3,(H,25,31). The van der Waals surface area contributed by atoms with Crippen molar-refractivity contribution in [3.63, 3.8) is 0 Å². The van der Waals surface area contributed by atoms with Crippen molar-refractivity contribution in [1.29, 1.82) is 0 Å². The number of ether oxygens (including phenoxy) is 1. The molecular weight excluding hydrogens is 444 g/mol. The maximum absolute atomic E-state index is 12.9. The third-order valence-corrected chi connectivity index (χ3v) is 5.64. The minimum Gasteiger partial charge on any atom is -0.378 e. The number of morpholine rings is 1. The van der Waals surface area contributed by atoms with Gasteiger partial charge in [0.1, 0.15) is 0 Å². The van der Waals surface area contributed by atoms with Crippen LogP contribution >= 0.6 is 11.6 Å². The van der Waals surface area contributed by atoms with Crippen LogP contribution in [0.25, 0.3) is 5.69 Å². The maximum atomic E-state index is 12.9. The molecule has 2 aromatic carbocycles. The predicted molar refractivity (Wildman–Crippen MR) is 126 cm³/mol. The Balaban J connectivity index is 1.36. The second-order valence-corrected chi connectivity index (χ2v) is 8.21. The van der Waals surface area contributed by atoms with Crippen LogP contribution in [0.15, 0.2) is 48.5 Å². The van der Waals surface area contributed by atoms with Gasteiger partial charge in [0.15, 0.2) is 5.69 Å². The minimum atomic E-state index is -0.390. The molecule has 0 saturated carbocycles. The van der Waals surface area contributed by atoms with Crippen molar-refractivity contribution in [1.82, 2.24) is 19.9 Å². The van der Waals surface area contributed by atoms with Crippen molar-refractivity contribution in [2.45, 2.75) is 6.92 Å². The van der Waals surface area contributed by atoms with Crippen LogP contribution in [0, 0.1) is 6.92 Å². The number of carbonyl (C=O) groups excluding carboxylic acids is 2. The summed E-state index contributed by atoms with van der Waals surface area (Å²) in [7, 11) is 1.56. The first-order valence-corrected chi connectivity index (χ1v) is 11.0. The van der Waals surface area contributed by atoms with Crippen molar-refractivity contribution in [2.24, 2.45) is 0 Å². The Labute approximate surface area is 196 Å². The Morgan fingerprint density at radius 3 is 2.55 bits per heavy atom. The number of hydrogen-bond donors (Lipinski definition) is 1. The van der Waals surface area contributed by atoms with Gasteiger partial charge in [0.05, 0.1) is 31.1 Å². The zero-order valence-corrected chi connectivity index (χ0v) is 19.2. The summed E-state index contributed by atoms with van der Waals surface area (Å²) in [5, 5.41) is 11.5. The summed E-state index contributed by atoms with van der Waals surface area (Å²) in [4.78, 5) is 28.9. The third kappa shape index (κ3) is 5.32. The van der Waals surface area contributed by atoms with Gasteiger partial charge in [-0.3, -0.25) is 9.59 Å². The summed E-state index contributed by atoms with van der Waals surface area (Å²) in [6.07, 6.45) is 0. The Hall–Kier alpha value is -3.43. The lowest BCUT2D eigenvalue weighted by atomic mass is 10.2. The van der Waals surface area contributed by atoms with Gasteiger partial charge in [-0.2, -0.15) is 0 Å². The molecule has 0 spiro atoms. The Kier molecular flexibility index (Phi) is 6.90. The number of hydrogen-bond acceptors (Lipinski definition) is 6. The van der Waals surface area contributed by atoms with E-state index in [1.807, 2.05) is 30.3 Å². The van der Waals surface area contributed by atoms with Crippen LogP contribution in [0.3, 0.4) is 0 Å². The summed E-state index contributed by atoms with van der Waals surface area (Å²) in [5.41, 5.74) is 3.20. The zero-order chi connectivity index (χ0) is 23.4. The average Bonchev–Trinajstić information content (AvgIpc) is 3.20. The molecule has 33 heavy (non-hydrogen) atoms. The summed E-state index contributed by atoms with van der Waals surface area (Å²) in [6, 6.07) is 14.7. The highest BCUT2D eigenvalue weighted by molar-refractivity contribution is 6.30. The fourth-order valence-corrected chi connectivity index (χ4v) is 3.81. The lowest BCUT2D eigenvalue weighted by Gasteiger charge is -2.28. The molecule has 2 heterocycles. The SMILES string of the molecule is Cc1c(C(=O)N(C)CC(=O)Nc2ccc(N3CCOCC3)cc2)nnn1-c1cccc(Cl)c1. The highest BCUT2D eigenvalue weighted by Gasteiger charge is 2.22. The molecule has 2 amide bonds. The van der Waals surface area contributed by atoms with Gasteiger partial charge in [0, 0.05) is 36.5 Å². The van der Waals surface area contributed by atoms with Crippen LogP contribution in [0.5, 0.6) is 0 Å². The second kappa shape index (κ2) is 10.0. The number of likely N-dealkylation sites (N-methyl/N-ethyl adjacent to an activating group) is 1. The number of carbonyl (C=O) groups is 2. The monoisotopic (exact) mass is 468 g/mol. The molecule has 172 valence electrons. The first-order chi connectivity index (χ1) is 15.9. The van der Waals surface area contributed by atoms with Crippen LogP contribution in [0.4, 0.5) is 11.4 Å². The number of amides is 2. The van der Waals surface area contributed by atoms with E-state index in [9.17, 15) is 9.59 Å². The molecule has 10 heteroatoms. The Bertz CT molecular complexity index is 1140. The number of rotatable bonds is 6. The highest BCUT2D eigenvalue weighted by atomic mass is 35.5. The van der Waals surface area contributed by atoms with E-state index in [4.69, 9.17) is 16.3 Å². The molecular formula is C23H25ClN6O3. The summed E-state index contributed by atoms with van der Waals surface area (Å²) in [6.45, 7) is 4.75. The molecule has 1 fully saturated rings. The van der Waals surface area contributed by atoms with Crippen LogP contribution in [-0.4, -0.2) is 71.6 Å². The van der Waals surface area contributed by atoms with Crippen molar-refractivity contribution in [3.8, 4) is 5.69 Å². The molecule has 0 bridgehead atoms. The minimum absolute atomic E-state index is 0.118. The van der Waals surface area contributed by atoms with Crippen LogP contribution in [0.2, 0.25) is 5.02 Å². The fourth-order valence-electron chi connectivity index (χ4n) is 3.63. The normalized spacial score (nSPS) is 13.6. The van der Waals surface area contributed by atoms with Gasteiger partial charge in [-0.25, -0.2) is 4.68 Å². The lowest BCUT2D eigenvalue weighted by molar-refractivity contribution is -0.116. The predicted octanol–water partition coefficient (Wildman–Crippen LogP) is 2.78. The highest BCUT2D eigenvalue weighted by Crippen LogP contribution is 2.20. The number of aromatic nitrogens is 3. The van der Waals surface area contributed by atoms with E-state index in [2.05, 4.69) is 20.5 Å². The molecule has 0 atom stereocenters. The first-order valence-electron chi connectivity index (χ1n) is 10.6. The van der Waals surface area contributed by atoms with Crippen LogP contribution in [-0.2, 0) is 9.53 Å². The summed E-state index contributed by atoms with van der Waals surface area (Å²) in [5.74, 6) is -0.691. The van der Waals surface area contributed by atoms with E-state index in [1.165, 1.54) is 4.90 Å². The summed E-state index contributed by atoms with van der Waals surface area (Å²) >= 11 is 6.05. The molecule has 1 aliphatic rings. The number of nitrogens with one attached hydrogen (secondary N) is 1. The molecule has 0 radical (unpaired) electrons. The topological polar surface area (TPSA) is 92.6 Å². The van der Waals surface area contributed by atoms with Gasteiger partial charge < -0.3 is 19.9 Å². The molecule has 0 unspecified atom stereocenters. The van der Waals surface area contributed by atoms with Gasteiger partial charge in [0.25, 0.3) is 5.91 Å².